The highest BCUT2D eigenvalue weighted by Crippen LogP contribution is 2.44. The summed E-state index contributed by atoms with van der Waals surface area (Å²) >= 11 is 3.16. The summed E-state index contributed by atoms with van der Waals surface area (Å²) in [6.45, 7) is 10.4. The van der Waals surface area contributed by atoms with E-state index >= 15 is 0 Å². The molecule has 358 valence electrons. The highest BCUT2D eigenvalue weighted by atomic mass is 32.2. The van der Waals surface area contributed by atoms with Gasteiger partial charge >= 0.3 is 0 Å². The minimum atomic E-state index is -4.51. The van der Waals surface area contributed by atoms with Crippen molar-refractivity contribution in [1.29, 1.82) is 0 Å². The van der Waals surface area contributed by atoms with Crippen molar-refractivity contribution in [1.82, 2.24) is 23.7 Å². The number of rotatable bonds is 21. The average molecular weight is 1020 g/mol. The molecule has 0 aliphatic carbocycles. The zero-order valence-corrected chi connectivity index (χ0v) is 41.4. The van der Waals surface area contributed by atoms with Gasteiger partial charge in [-0.1, -0.05) is 11.8 Å². The van der Waals surface area contributed by atoms with Crippen molar-refractivity contribution in [2.45, 2.75) is 42.6 Å². The second-order valence-corrected chi connectivity index (χ2v) is 19.6. The van der Waals surface area contributed by atoms with Crippen LogP contribution in [0, 0.1) is 0 Å². The lowest BCUT2D eigenvalue weighted by Crippen LogP contribution is -2.22. The Morgan fingerprint density at radius 2 is 1.06 bits per heavy atom. The molecule has 0 saturated carbocycles. The molecule has 22 nitrogen and oxygen atoms in total. The number of fused-ring (bicyclic) bond motifs is 2. The Bertz CT molecular complexity index is 3040. The molecule has 3 heterocycles. The molecular weight excluding hydrogens is 979 g/mol. The molecular formula is C41H45N13O9S5. The summed E-state index contributed by atoms with van der Waals surface area (Å²) < 4.78 is 87.6. The van der Waals surface area contributed by atoms with Crippen LogP contribution in [0.1, 0.15) is 27.7 Å². The molecule has 0 atom stereocenters. The van der Waals surface area contributed by atoms with E-state index in [-0.39, 0.29) is 60.6 Å². The van der Waals surface area contributed by atoms with Crippen LogP contribution in [-0.2, 0) is 20.2 Å². The number of nitrogens with zero attached hydrogens (tertiary/aromatic N) is 11. The molecule has 0 amide bonds. The summed E-state index contributed by atoms with van der Waals surface area (Å²) in [5.74, 6) is 1.38. The summed E-state index contributed by atoms with van der Waals surface area (Å²) in [6.07, 6.45) is 0. The van der Waals surface area contributed by atoms with Gasteiger partial charge in [0, 0.05) is 54.8 Å². The standard InChI is InChI=1S/C41H45N13O9S5/c1-7-53(8-2)33-19-29(31(21-35(33)62-5)47-49-37-25-17-23(67(56,57)58)11-13-27(25)51-65-37)42-39-44-40(46-41(45-39)64-16-15-55)43-30-20-34(54(9-3)10-4)36(63-6)22-32(30)48-50-38-26-18-24(68(59,60)61)12-14-28(26)52-66-38/h11-14,17-22,55H,7-10,15-16H2,1-6H3,(H,56,57,58)(H,59,60,61)(H2,42,43,44,45,46). The number of methoxy groups -OCH3 is 2. The fourth-order valence-electron chi connectivity index (χ4n) is 6.82. The minimum Gasteiger partial charge on any atom is -0.494 e. The highest BCUT2D eigenvalue weighted by molar-refractivity contribution is 7.99. The molecule has 4 aromatic carbocycles. The maximum Gasteiger partial charge on any atom is 0.294 e. The first-order valence-electron chi connectivity index (χ1n) is 20.7. The first kappa shape index (κ1) is 49.7. The number of thioether (sulfide) groups is 1. The fraction of sp³-hybridized carbons (Fsp3) is 0.293. The molecule has 0 spiro atoms. The lowest BCUT2D eigenvalue weighted by molar-refractivity contribution is 0.322. The Morgan fingerprint density at radius 3 is 1.43 bits per heavy atom. The van der Waals surface area contributed by atoms with Gasteiger partial charge in [-0.05, 0) is 99.3 Å². The maximum absolute atomic E-state index is 12.0. The topological polar surface area (TPSA) is 292 Å². The molecule has 0 fully saturated rings. The maximum atomic E-state index is 12.0. The predicted octanol–water partition coefficient (Wildman–Crippen LogP) is 9.70. The Morgan fingerprint density at radius 1 is 0.632 bits per heavy atom. The highest BCUT2D eigenvalue weighted by Gasteiger charge is 2.21. The number of aliphatic hydroxyl groups is 1. The smallest absolute Gasteiger partial charge is 0.294 e. The van der Waals surface area contributed by atoms with Crippen LogP contribution in [0.5, 0.6) is 11.5 Å². The van der Waals surface area contributed by atoms with E-state index in [1.807, 2.05) is 39.8 Å². The van der Waals surface area contributed by atoms with E-state index < -0.39 is 20.2 Å². The Balaban J connectivity index is 1.34. The molecule has 0 bridgehead atoms. The number of aliphatic hydroxyl groups excluding tert-OH is 1. The zero-order valence-electron chi connectivity index (χ0n) is 37.3. The van der Waals surface area contributed by atoms with E-state index in [0.717, 1.165) is 34.4 Å². The largest absolute Gasteiger partial charge is 0.494 e. The second kappa shape index (κ2) is 21.4. The third kappa shape index (κ3) is 11.2. The zero-order chi connectivity index (χ0) is 48.8. The number of hydrogen-bond acceptors (Lipinski definition) is 23. The number of azo groups is 2. The number of ether oxygens (including phenoxy) is 2. The van der Waals surface area contributed by atoms with Gasteiger partial charge in [-0.3, -0.25) is 9.11 Å². The van der Waals surface area contributed by atoms with Crippen molar-refractivity contribution in [3.63, 3.8) is 0 Å². The third-order valence-electron chi connectivity index (χ3n) is 10.2. The fourth-order valence-corrected chi connectivity index (χ4v) is 9.78. The Hall–Kier alpha value is -6.20. The SMILES string of the molecule is CCN(CC)c1cc(Nc2nc(Nc3cc(N(CC)CC)c(OC)cc3N=Nc3snc4ccc(S(=O)(=O)O)cc34)nc(SCCO)n2)c(N=Nc2snc3ccc(S(=O)(=O)O)cc23)cc1OC. The van der Waals surface area contributed by atoms with E-state index in [1.54, 1.807) is 12.1 Å². The van der Waals surface area contributed by atoms with Crippen molar-refractivity contribution in [2.75, 3.05) is 73.2 Å². The first-order valence-corrected chi connectivity index (χ1v) is 26.1. The molecule has 27 heteroatoms. The van der Waals surface area contributed by atoms with Crippen LogP contribution in [-0.4, -0.2) is 108 Å². The van der Waals surface area contributed by atoms with E-state index in [0.29, 0.717) is 70.9 Å². The van der Waals surface area contributed by atoms with Gasteiger partial charge in [0.1, 0.15) is 22.9 Å². The number of hydrogen-bond donors (Lipinski definition) is 5. The average Bonchev–Trinajstić information content (AvgIpc) is 3.93. The van der Waals surface area contributed by atoms with E-state index in [9.17, 15) is 31.0 Å². The lowest BCUT2D eigenvalue weighted by atomic mass is 10.2. The third-order valence-corrected chi connectivity index (χ3v) is 14.2. The first-order chi connectivity index (χ1) is 32.6. The summed E-state index contributed by atoms with van der Waals surface area (Å²) in [4.78, 5) is 17.6. The van der Waals surface area contributed by atoms with Crippen molar-refractivity contribution >= 4 is 133 Å². The quantitative estimate of drug-likeness (QED) is 0.0254. The number of benzene rings is 4. The Labute approximate surface area is 403 Å². The molecule has 3 aromatic heterocycles. The number of aromatic nitrogens is 5. The number of anilines is 6. The van der Waals surface area contributed by atoms with Crippen LogP contribution >= 0.6 is 34.8 Å². The van der Waals surface area contributed by atoms with Gasteiger partial charge in [0.25, 0.3) is 20.2 Å². The molecule has 0 aliphatic heterocycles. The summed E-state index contributed by atoms with van der Waals surface area (Å²) in [7, 11) is -5.94. The monoisotopic (exact) mass is 1020 g/mol. The van der Waals surface area contributed by atoms with Crippen LogP contribution < -0.4 is 29.9 Å². The second-order valence-electron chi connectivity index (χ2n) is 14.2. The van der Waals surface area contributed by atoms with Crippen molar-refractivity contribution < 1.29 is 40.5 Å². The molecule has 0 aliphatic rings. The van der Waals surface area contributed by atoms with Crippen molar-refractivity contribution in [3.8, 4) is 11.5 Å². The normalized spacial score (nSPS) is 12.1. The van der Waals surface area contributed by atoms with Crippen LogP contribution in [0.3, 0.4) is 0 Å². The van der Waals surface area contributed by atoms with E-state index in [1.165, 1.54) is 62.4 Å². The minimum absolute atomic E-state index is 0.0718. The molecule has 7 rings (SSSR count). The van der Waals surface area contributed by atoms with Gasteiger partial charge in [0.05, 0.1) is 64.4 Å². The van der Waals surface area contributed by atoms with Gasteiger partial charge in [0.2, 0.25) is 11.9 Å². The van der Waals surface area contributed by atoms with E-state index in [2.05, 4.69) is 59.6 Å². The summed E-state index contributed by atoms with van der Waals surface area (Å²) in [5.41, 5.74) is 3.73. The predicted molar refractivity (Wildman–Crippen MR) is 265 cm³/mol. The van der Waals surface area contributed by atoms with Crippen LogP contribution in [0.25, 0.3) is 21.8 Å². The summed E-state index contributed by atoms with van der Waals surface area (Å²) in [6, 6.07) is 15.0. The molecule has 0 unspecified atom stereocenters. The van der Waals surface area contributed by atoms with Gasteiger partial charge in [-0.15, -0.1) is 20.5 Å². The molecule has 0 radical (unpaired) electrons. The van der Waals surface area contributed by atoms with Crippen LogP contribution in [0.15, 0.2) is 96.1 Å². The lowest BCUT2D eigenvalue weighted by Gasteiger charge is -2.25. The van der Waals surface area contributed by atoms with Gasteiger partial charge < -0.3 is 35.0 Å². The molecule has 7 aromatic rings. The number of nitrogens with one attached hydrogen (secondary N) is 2. The van der Waals surface area contributed by atoms with Crippen molar-refractivity contribution in [3.05, 3.63) is 60.7 Å². The molecule has 68 heavy (non-hydrogen) atoms. The van der Waals surface area contributed by atoms with Gasteiger partial charge in [-0.2, -0.15) is 40.5 Å². The molecule has 0 saturated heterocycles. The van der Waals surface area contributed by atoms with Crippen LogP contribution in [0.4, 0.5) is 56.0 Å². The molecule has 5 N–H and O–H groups in total. The summed E-state index contributed by atoms with van der Waals surface area (Å²) in [5, 5.41) is 36.0. The van der Waals surface area contributed by atoms with Crippen LogP contribution in [0.2, 0.25) is 0 Å². The van der Waals surface area contributed by atoms with Crippen molar-refractivity contribution in [2.24, 2.45) is 20.5 Å². The Kier molecular flexibility index (Phi) is 15.6. The van der Waals surface area contributed by atoms with Gasteiger partial charge in [0.15, 0.2) is 15.2 Å². The van der Waals surface area contributed by atoms with E-state index in [4.69, 9.17) is 14.5 Å². The van der Waals surface area contributed by atoms with Gasteiger partial charge in [-0.25, -0.2) is 0 Å².